The Morgan fingerprint density at radius 2 is 1.74 bits per heavy atom. The fourth-order valence-corrected chi connectivity index (χ4v) is 4.96. The van der Waals surface area contributed by atoms with Gasteiger partial charge in [-0.25, -0.2) is 14.7 Å². The number of carbonyl (C=O) groups excluding carboxylic acids is 3. The number of imide groups is 1. The summed E-state index contributed by atoms with van der Waals surface area (Å²) in [5, 5.41) is 0. The van der Waals surface area contributed by atoms with Gasteiger partial charge in [-0.3, -0.25) is 9.59 Å². The molecule has 1 aliphatic carbocycles. The largest absolute Gasteiger partial charge is 0.462 e. The molecule has 174 valence electrons. The Balaban J connectivity index is 1.25. The number of aromatic nitrogens is 2. The average Bonchev–Trinajstić information content (AvgIpc) is 3.30. The van der Waals surface area contributed by atoms with Crippen LogP contribution in [0.4, 0.5) is 5.69 Å². The second kappa shape index (κ2) is 8.89. The molecule has 2 amide bonds. The minimum absolute atomic E-state index is 0.184. The van der Waals surface area contributed by atoms with Gasteiger partial charge < -0.3 is 9.30 Å². The second-order valence-corrected chi connectivity index (χ2v) is 8.96. The van der Waals surface area contributed by atoms with Crippen LogP contribution in [-0.4, -0.2) is 33.9 Å². The number of ether oxygens (including phenoxy) is 1. The Hall–Kier alpha value is -3.74. The molecule has 0 radical (unpaired) electrons. The predicted octanol–water partition coefficient (Wildman–Crippen LogP) is 4.36. The van der Waals surface area contributed by atoms with Crippen molar-refractivity contribution in [3.05, 3.63) is 71.6 Å². The number of hydrogen-bond donors (Lipinski definition) is 0. The van der Waals surface area contributed by atoms with E-state index in [4.69, 9.17) is 4.74 Å². The Morgan fingerprint density at radius 1 is 1.03 bits per heavy atom. The molecule has 34 heavy (non-hydrogen) atoms. The number of fused-ring (bicyclic) bond motifs is 2. The normalized spacial score (nSPS) is 19.6. The Kier molecular flexibility index (Phi) is 5.77. The van der Waals surface area contributed by atoms with Crippen molar-refractivity contribution in [2.45, 2.75) is 39.7 Å². The van der Waals surface area contributed by atoms with E-state index in [0.29, 0.717) is 37.1 Å². The van der Waals surface area contributed by atoms with E-state index in [-0.39, 0.29) is 30.3 Å². The highest BCUT2D eigenvalue weighted by Crippen LogP contribution is 2.39. The van der Waals surface area contributed by atoms with Gasteiger partial charge in [0.25, 0.3) is 0 Å². The topological polar surface area (TPSA) is 81.5 Å². The number of benzene rings is 2. The smallest absolute Gasteiger partial charge is 0.338 e. The van der Waals surface area contributed by atoms with E-state index in [1.54, 1.807) is 18.2 Å². The van der Waals surface area contributed by atoms with Gasteiger partial charge in [0.1, 0.15) is 5.82 Å². The maximum Gasteiger partial charge on any atom is 0.338 e. The van der Waals surface area contributed by atoms with Gasteiger partial charge >= 0.3 is 5.97 Å². The zero-order chi connectivity index (χ0) is 23.8. The van der Waals surface area contributed by atoms with Crippen LogP contribution < -0.4 is 4.90 Å². The molecule has 1 aliphatic heterocycles. The molecular weight excluding hydrogens is 430 g/mol. The molecule has 5 rings (SSSR count). The lowest BCUT2D eigenvalue weighted by Crippen LogP contribution is -2.31. The van der Waals surface area contributed by atoms with Gasteiger partial charge in [-0.1, -0.05) is 30.4 Å². The summed E-state index contributed by atoms with van der Waals surface area (Å²) in [5.74, 6) is -0.532. The fraction of sp³-hybridized carbons (Fsp3) is 0.333. The Morgan fingerprint density at radius 3 is 2.47 bits per heavy atom. The molecule has 0 spiro atoms. The van der Waals surface area contributed by atoms with Crippen molar-refractivity contribution in [1.82, 2.24) is 9.55 Å². The van der Waals surface area contributed by atoms with Gasteiger partial charge in [0.05, 0.1) is 40.7 Å². The van der Waals surface area contributed by atoms with Gasteiger partial charge in [0, 0.05) is 6.54 Å². The minimum atomic E-state index is -0.466. The average molecular weight is 458 g/mol. The van der Waals surface area contributed by atoms with Crippen molar-refractivity contribution in [1.29, 1.82) is 0 Å². The number of anilines is 1. The molecule has 1 aromatic heterocycles. The number of allylic oxidation sites excluding steroid dienone is 2. The van der Waals surface area contributed by atoms with Crippen LogP contribution in [0.15, 0.2) is 54.6 Å². The molecule has 7 nitrogen and oxygen atoms in total. The van der Waals surface area contributed by atoms with Crippen molar-refractivity contribution in [3.63, 3.8) is 0 Å². The molecule has 0 bridgehead atoms. The summed E-state index contributed by atoms with van der Waals surface area (Å²) in [4.78, 5) is 44.5. The first kappa shape index (κ1) is 22.1. The summed E-state index contributed by atoms with van der Waals surface area (Å²) in [5.41, 5.74) is 3.58. The van der Waals surface area contributed by atoms with Gasteiger partial charge in [0.2, 0.25) is 11.8 Å². The van der Waals surface area contributed by atoms with Crippen molar-refractivity contribution < 1.29 is 19.1 Å². The third-order valence-electron chi connectivity index (χ3n) is 6.80. The molecule has 1 fully saturated rings. The van der Waals surface area contributed by atoms with Crippen LogP contribution in [-0.2, 0) is 20.9 Å². The lowest BCUT2D eigenvalue weighted by Gasteiger charge is -2.18. The van der Waals surface area contributed by atoms with Crippen molar-refractivity contribution in [2.24, 2.45) is 11.8 Å². The first-order valence-electron chi connectivity index (χ1n) is 11.7. The molecule has 3 aromatic rings. The standard InChI is InChI=1S/C27H27N3O4/c1-17-12-13-19(16-24(17)30-25(31)20-8-3-4-9-21(20)26(30)32)27(33)34-15-7-14-29-18(2)28-22-10-5-6-11-23(22)29/h3-6,10-13,16,20-21H,7-9,14-15H2,1-2H3. The van der Waals surface area contributed by atoms with E-state index in [0.717, 1.165) is 22.4 Å². The van der Waals surface area contributed by atoms with Gasteiger partial charge in [-0.05, 0) is 62.9 Å². The first-order valence-corrected chi connectivity index (χ1v) is 11.7. The van der Waals surface area contributed by atoms with Crippen LogP contribution in [0, 0.1) is 25.7 Å². The molecular formula is C27H27N3O4. The minimum Gasteiger partial charge on any atom is -0.462 e. The number of rotatable bonds is 6. The molecule has 2 aliphatic rings. The van der Waals surface area contributed by atoms with E-state index in [1.807, 2.05) is 50.3 Å². The van der Waals surface area contributed by atoms with E-state index >= 15 is 0 Å². The van der Waals surface area contributed by atoms with Crippen LogP contribution in [0.1, 0.15) is 41.0 Å². The summed E-state index contributed by atoms with van der Waals surface area (Å²) in [6.07, 6.45) is 5.73. The van der Waals surface area contributed by atoms with Gasteiger partial charge in [0.15, 0.2) is 0 Å². The molecule has 7 heteroatoms. The van der Waals surface area contributed by atoms with Gasteiger partial charge in [-0.2, -0.15) is 0 Å². The number of para-hydroxylation sites is 2. The molecule has 0 N–H and O–H groups in total. The van der Waals surface area contributed by atoms with E-state index in [9.17, 15) is 14.4 Å². The van der Waals surface area contributed by atoms with Crippen LogP contribution in [0.25, 0.3) is 11.0 Å². The summed E-state index contributed by atoms with van der Waals surface area (Å²) < 4.78 is 7.63. The highest BCUT2D eigenvalue weighted by molar-refractivity contribution is 6.22. The zero-order valence-electron chi connectivity index (χ0n) is 19.4. The van der Waals surface area contributed by atoms with Crippen LogP contribution in [0.3, 0.4) is 0 Å². The van der Waals surface area contributed by atoms with Crippen LogP contribution >= 0.6 is 0 Å². The van der Waals surface area contributed by atoms with Crippen molar-refractivity contribution in [3.8, 4) is 0 Å². The molecule has 2 unspecified atom stereocenters. The number of imidazole rings is 1. The first-order chi connectivity index (χ1) is 16.5. The van der Waals surface area contributed by atoms with Crippen LogP contribution in [0.2, 0.25) is 0 Å². The number of nitrogens with zero attached hydrogens (tertiary/aromatic N) is 3. The summed E-state index contributed by atoms with van der Waals surface area (Å²) in [6.45, 7) is 4.74. The van der Waals surface area contributed by atoms with Crippen molar-refractivity contribution >= 4 is 34.5 Å². The molecule has 2 aromatic carbocycles. The monoisotopic (exact) mass is 457 g/mol. The van der Waals surface area contributed by atoms with E-state index in [2.05, 4.69) is 9.55 Å². The SMILES string of the molecule is Cc1ccc(C(=O)OCCCn2c(C)nc3ccccc32)cc1N1C(=O)C2CC=CCC2C1=O. The molecule has 0 saturated carbocycles. The molecule has 2 heterocycles. The molecule has 2 atom stereocenters. The van der Waals surface area contributed by atoms with E-state index in [1.165, 1.54) is 4.90 Å². The number of aryl methyl sites for hydroxylation is 3. The number of esters is 1. The lowest BCUT2D eigenvalue weighted by atomic mass is 9.85. The third kappa shape index (κ3) is 3.81. The summed E-state index contributed by atoms with van der Waals surface area (Å²) >= 11 is 0. The summed E-state index contributed by atoms with van der Waals surface area (Å²) in [6, 6.07) is 13.0. The number of hydrogen-bond acceptors (Lipinski definition) is 5. The fourth-order valence-electron chi connectivity index (χ4n) is 4.96. The maximum absolute atomic E-state index is 13.0. The maximum atomic E-state index is 13.0. The predicted molar refractivity (Wildman–Crippen MR) is 128 cm³/mol. The number of amides is 2. The van der Waals surface area contributed by atoms with Gasteiger partial charge in [-0.15, -0.1) is 0 Å². The van der Waals surface area contributed by atoms with Crippen molar-refractivity contribution in [2.75, 3.05) is 11.5 Å². The zero-order valence-corrected chi connectivity index (χ0v) is 19.4. The Bertz CT molecular complexity index is 1300. The molecule has 1 saturated heterocycles. The van der Waals surface area contributed by atoms with E-state index < -0.39 is 5.97 Å². The number of carbonyl (C=O) groups is 3. The highest BCUT2D eigenvalue weighted by atomic mass is 16.5. The highest BCUT2D eigenvalue weighted by Gasteiger charge is 2.48. The second-order valence-electron chi connectivity index (χ2n) is 8.96. The Labute approximate surface area is 198 Å². The quantitative estimate of drug-likeness (QED) is 0.238. The third-order valence-corrected chi connectivity index (χ3v) is 6.80. The summed E-state index contributed by atoms with van der Waals surface area (Å²) in [7, 11) is 0. The van der Waals surface area contributed by atoms with Crippen LogP contribution in [0.5, 0.6) is 0 Å². The lowest BCUT2D eigenvalue weighted by molar-refractivity contribution is -0.122.